The minimum atomic E-state index is -1.12. The van der Waals surface area contributed by atoms with Gasteiger partial charge in [0.25, 0.3) is 5.91 Å². The first kappa shape index (κ1) is 31.7. The second kappa shape index (κ2) is 13.1. The Morgan fingerprint density at radius 2 is 1.64 bits per heavy atom. The molecule has 0 aliphatic carbocycles. The number of ketones is 2. The summed E-state index contributed by atoms with van der Waals surface area (Å²) in [6.07, 6.45) is 2.68. The van der Waals surface area contributed by atoms with E-state index in [1.165, 1.54) is 49.3 Å². The molecular formula is C32H22Cl3F2N3O3S. The van der Waals surface area contributed by atoms with Crippen molar-refractivity contribution in [3.63, 3.8) is 0 Å². The number of rotatable bonds is 9. The smallest absolute Gasteiger partial charge is 0.266 e. The molecule has 0 aliphatic heterocycles. The average Bonchev–Trinajstić information content (AvgIpc) is 3.37. The van der Waals surface area contributed by atoms with Crippen molar-refractivity contribution < 1.29 is 23.2 Å². The standard InChI is InChI=1S/C32H22Cl3F2N3O3S/c1-16(41)15-44-17(2)39-26-11-10-25(36)28(29(26)37)30(42)22-14-40(32(43)27-23(34)4-3-5-24(27)35)31-21(22)12-19(13-38-31)18-6-8-20(33)9-7-18/h3-14,17,39H,15H2,1-2H3/t17-/m0/s1. The van der Waals surface area contributed by atoms with Gasteiger partial charge in [-0.2, -0.15) is 0 Å². The van der Waals surface area contributed by atoms with Crippen LogP contribution in [-0.4, -0.2) is 38.2 Å². The van der Waals surface area contributed by atoms with E-state index in [-0.39, 0.29) is 49.4 Å². The summed E-state index contributed by atoms with van der Waals surface area (Å²) < 4.78 is 32.1. The van der Waals surface area contributed by atoms with E-state index >= 15 is 8.78 Å². The van der Waals surface area contributed by atoms with Gasteiger partial charge < -0.3 is 5.32 Å². The fourth-order valence-electron chi connectivity index (χ4n) is 4.58. The molecule has 5 rings (SSSR count). The molecule has 1 atom stereocenters. The summed E-state index contributed by atoms with van der Waals surface area (Å²) in [6.45, 7) is 3.14. The number of halogens is 5. The first-order chi connectivity index (χ1) is 21.0. The lowest BCUT2D eigenvalue weighted by molar-refractivity contribution is -0.114. The van der Waals surface area contributed by atoms with Crippen molar-refractivity contribution in [3.05, 3.63) is 116 Å². The van der Waals surface area contributed by atoms with Crippen LogP contribution in [0.25, 0.3) is 22.2 Å². The minimum absolute atomic E-state index is 0.0316. The molecule has 0 saturated heterocycles. The number of nitrogens with one attached hydrogen (secondary N) is 1. The molecule has 44 heavy (non-hydrogen) atoms. The Morgan fingerprint density at radius 3 is 2.30 bits per heavy atom. The van der Waals surface area contributed by atoms with Crippen molar-refractivity contribution in [3.8, 4) is 11.1 Å². The molecule has 0 saturated carbocycles. The van der Waals surface area contributed by atoms with Gasteiger partial charge in [-0.1, -0.05) is 53.0 Å². The third-order valence-corrected chi connectivity index (χ3v) is 8.75. The summed E-state index contributed by atoms with van der Waals surface area (Å²) in [5, 5.41) is 3.28. The van der Waals surface area contributed by atoms with Crippen LogP contribution in [0.5, 0.6) is 0 Å². The largest absolute Gasteiger partial charge is 0.371 e. The second-order valence-corrected chi connectivity index (χ2v) is 12.4. The van der Waals surface area contributed by atoms with E-state index in [1.807, 2.05) is 0 Å². The zero-order valence-corrected chi connectivity index (χ0v) is 26.2. The van der Waals surface area contributed by atoms with E-state index in [0.29, 0.717) is 16.1 Å². The number of benzene rings is 3. The molecule has 2 aromatic heterocycles. The van der Waals surface area contributed by atoms with Crippen LogP contribution in [0.15, 0.2) is 73.1 Å². The maximum absolute atomic E-state index is 15.8. The zero-order chi connectivity index (χ0) is 31.7. The van der Waals surface area contributed by atoms with E-state index in [9.17, 15) is 14.4 Å². The van der Waals surface area contributed by atoms with Crippen LogP contribution in [-0.2, 0) is 4.79 Å². The molecule has 5 aromatic rings. The second-order valence-electron chi connectivity index (χ2n) is 9.83. The lowest BCUT2D eigenvalue weighted by Crippen LogP contribution is -2.16. The molecule has 0 fully saturated rings. The van der Waals surface area contributed by atoms with Crippen LogP contribution in [0, 0.1) is 11.6 Å². The van der Waals surface area contributed by atoms with Gasteiger partial charge in [-0.15, -0.1) is 11.8 Å². The van der Waals surface area contributed by atoms with E-state index in [2.05, 4.69) is 10.3 Å². The molecule has 0 amide bonds. The van der Waals surface area contributed by atoms with Gasteiger partial charge in [0.2, 0.25) is 5.78 Å². The molecule has 2 heterocycles. The highest BCUT2D eigenvalue weighted by Gasteiger charge is 2.28. The van der Waals surface area contributed by atoms with Crippen molar-refractivity contribution >= 4 is 80.8 Å². The minimum Gasteiger partial charge on any atom is -0.371 e. The predicted octanol–water partition coefficient (Wildman–Crippen LogP) is 8.94. The van der Waals surface area contributed by atoms with Gasteiger partial charge in [0, 0.05) is 28.4 Å². The summed E-state index contributed by atoms with van der Waals surface area (Å²) in [7, 11) is 0. The Hall–Kier alpha value is -3.76. The quantitative estimate of drug-likeness (QED) is 0.124. The Balaban J connectivity index is 1.66. The van der Waals surface area contributed by atoms with Crippen molar-refractivity contribution in [1.29, 1.82) is 0 Å². The molecule has 224 valence electrons. The van der Waals surface area contributed by atoms with Crippen LogP contribution in [0.1, 0.15) is 40.1 Å². The fourth-order valence-corrected chi connectivity index (χ4v) is 5.96. The third kappa shape index (κ3) is 6.37. The summed E-state index contributed by atoms with van der Waals surface area (Å²) in [4.78, 5) is 43.5. The number of carbonyl (C=O) groups excluding carboxylic acids is 3. The van der Waals surface area contributed by atoms with Gasteiger partial charge in [0.05, 0.1) is 43.5 Å². The average molecular weight is 673 g/mol. The van der Waals surface area contributed by atoms with Crippen molar-refractivity contribution in [2.45, 2.75) is 19.2 Å². The van der Waals surface area contributed by atoms with E-state index < -0.39 is 34.3 Å². The van der Waals surface area contributed by atoms with E-state index in [4.69, 9.17) is 34.8 Å². The van der Waals surface area contributed by atoms with E-state index in [1.54, 1.807) is 43.3 Å². The summed E-state index contributed by atoms with van der Waals surface area (Å²) in [5.41, 5.74) is 0.174. The number of Topliss-reactive ketones (excluding diaryl/α,β-unsaturated/α-hetero) is 1. The van der Waals surface area contributed by atoms with Gasteiger partial charge >= 0.3 is 0 Å². The number of anilines is 1. The number of pyridine rings is 1. The molecule has 12 heteroatoms. The van der Waals surface area contributed by atoms with Gasteiger partial charge in [-0.25, -0.2) is 13.8 Å². The third-order valence-electron chi connectivity index (χ3n) is 6.67. The Labute approximate surface area is 270 Å². The Bertz CT molecular complexity index is 1930. The number of thioether (sulfide) groups is 1. The summed E-state index contributed by atoms with van der Waals surface area (Å²) >= 11 is 19.9. The van der Waals surface area contributed by atoms with Crippen LogP contribution in [0.2, 0.25) is 15.1 Å². The predicted molar refractivity (Wildman–Crippen MR) is 172 cm³/mol. The lowest BCUT2D eigenvalue weighted by atomic mass is 9.99. The van der Waals surface area contributed by atoms with Gasteiger partial charge in [-0.05, 0) is 61.9 Å². The van der Waals surface area contributed by atoms with Crippen LogP contribution in [0.4, 0.5) is 14.5 Å². The number of hydrogen-bond acceptors (Lipinski definition) is 6. The highest BCUT2D eigenvalue weighted by Crippen LogP contribution is 2.33. The zero-order valence-electron chi connectivity index (χ0n) is 23.1. The number of nitrogens with zero attached hydrogens (tertiary/aromatic N) is 2. The molecule has 0 radical (unpaired) electrons. The molecule has 6 nitrogen and oxygen atoms in total. The van der Waals surface area contributed by atoms with Gasteiger partial charge in [-0.3, -0.25) is 19.0 Å². The van der Waals surface area contributed by atoms with Crippen LogP contribution in [0.3, 0.4) is 0 Å². The molecular weight excluding hydrogens is 651 g/mol. The number of hydrogen-bond donors (Lipinski definition) is 1. The summed E-state index contributed by atoms with van der Waals surface area (Å²) in [6, 6.07) is 15.2. The van der Waals surface area contributed by atoms with Crippen LogP contribution < -0.4 is 5.32 Å². The SMILES string of the molecule is CC(=O)CS[C@@H](C)Nc1ccc(F)c(C(=O)c2cn(C(=O)c3c(Cl)cccc3Cl)c3ncc(-c4ccc(Cl)cc4)cc23)c1F. The van der Waals surface area contributed by atoms with Crippen molar-refractivity contribution in [2.75, 3.05) is 11.1 Å². The van der Waals surface area contributed by atoms with Crippen molar-refractivity contribution in [2.24, 2.45) is 0 Å². The highest BCUT2D eigenvalue weighted by atomic mass is 35.5. The lowest BCUT2D eigenvalue weighted by Gasteiger charge is -2.16. The first-order valence-electron chi connectivity index (χ1n) is 13.1. The fraction of sp³-hybridized carbons (Fsp3) is 0.125. The van der Waals surface area contributed by atoms with Gasteiger partial charge in [0.1, 0.15) is 17.2 Å². The van der Waals surface area contributed by atoms with Gasteiger partial charge in [0.15, 0.2) is 5.82 Å². The number of aromatic nitrogens is 2. The molecule has 0 aliphatic rings. The topological polar surface area (TPSA) is 81.1 Å². The summed E-state index contributed by atoms with van der Waals surface area (Å²) in [5.74, 6) is -3.78. The van der Waals surface area contributed by atoms with Crippen molar-refractivity contribution in [1.82, 2.24) is 9.55 Å². The monoisotopic (exact) mass is 671 g/mol. The molecule has 0 unspecified atom stereocenters. The Kier molecular flexibility index (Phi) is 9.41. The first-order valence-corrected chi connectivity index (χ1v) is 15.3. The number of carbonyl (C=O) groups is 3. The normalized spacial score (nSPS) is 11.9. The molecule has 3 aromatic carbocycles. The number of fused-ring (bicyclic) bond motifs is 1. The maximum atomic E-state index is 15.8. The van der Waals surface area contributed by atoms with Crippen LogP contribution >= 0.6 is 46.6 Å². The molecule has 1 N–H and O–H groups in total. The van der Waals surface area contributed by atoms with E-state index in [0.717, 1.165) is 10.6 Å². The Morgan fingerprint density at radius 1 is 0.955 bits per heavy atom. The molecule has 0 bridgehead atoms. The maximum Gasteiger partial charge on any atom is 0.266 e. The molecule has 0 spiro atoms. The highest BCUT2D eigenvalue weighted by molar-refractivity contribution is 8.00.